The van der Waals surface area contributed by atoms with Gasteiger partial charge in [-0.2, -0.15) is 0 Å². The molecule has 0 radical (unpaired) electrons. The number of hydrogen-bond acceptors (Lipinski definition) is 4. The monoisotopic (exact) mass is 272 g/mol. The number of hydrogen-bond donors (Lipinski definition) is 1. The second kappa shape index (κ2) is 6.74. The third kappa shape index (κ3) is 3.72. The highest BCUT2D eigenvalue weighted by Gasteiger charge is 2.15. The molecule has 2 saturated heterocycles. The molecule has 4 heteroatoms. The number of pyridine rings is 1. The Morgan fingerprint density at radius 3 is 2.95 bits per heavy atom. The van der Waals surface area contributed by atoms with Crippen molar-refractivity contribution in [2.75, 3.05) is 19.8 Å². The van der Waals surface area contributed by atoms with Gasteiger partial charge in [-0.05, 0) is 25.5 Å². The minimum absolute atomic E-state index is 0.241. The third-order valence-electron chi connectivity index (χ3n) is 3.64. The van der Waals surface area contributed by atoms with Crippen LogP contribution in [-0.2, 0) is 4.74 Å². The van der Waals surface area contributed by atoms with Crippen LogP contribution in [-0.4, -0.2) is 36.9 Å². The summed E-state index contributed by atoms with van der Waals surface area (Å²) in [5.74, 6) is 7.25. The van der Waals surface area contributed by atoms with Crippen LogP contribution in [0.5, 0.6) is 5.75 Å². The molecular weight excluding hydrogens is 252 g/mol. The molecule has 1 N–H and O–H groups in total. The van der Waals surface area contributed by atoms with Gasteiger partial charge in [0.2, 0.25) is 0 Å². The summed E-state index contributed by atoms with van der Waals surface area (Å²) >= 11 is 0. The first-order valence-electron chi connectivity index (χ1n) is 7.34. The molecule has 0 aliphatic carbocycles. The van der Waals surface area contributed by atoms with Gasteiger partial charge in [-0.15, -0.1) is 0 Å². The van der Waals surface area contributed by atoms with Crippen LogP contribution in [0.2, 0.25) is 0 Å². The molecule has 20 heavy (non-hydrogen) atoms. The maximum atomic E-state index is 5.94. The van der Waals surface area contributed by atoms with Crippen molar-refractivity contribution >= 4 is 0 Å². The predicted molar refractivity (Wildman–Crippen MR) is 76.6 cm³/mol. The normalized spacial score (nSPS) is 23.1. The quantitative estimate of drug-likeness (QED) is 0.833. The molecule has 3 rings (SSSR count). The summed E-state index contributed by atoms with van der Waals surface area (Å²) < 4.78 is 11.3. The van der Waals surface area contributed by atoms with Crippen molar-refractivity contribution in [2.24, 2.45) is 0 Å². The van der Waals surface area contributed by atoms with Gasteiger partial charge < -0.3 is 14.8 Å². The molecular formula is C16H20N2O2. The van der Waals surface area contributed by atoms with Crippen LogP contribution < -0.4 is 10.1 Å². The van der Waals surface area contributed by atoms with E-state index in [1.165, 1.54) is 6.42 Å². The highest BCUT2D eigenvalue weighted by Crippen LogP contribution is 2.17. The van der Waals surface area contributed by atoms with E-state index in [4.69, 9.17) is 9.47 Å². The Labute approximate surface area is 119 Å². The summed E-state index contributed by atoms with van der Waals surface area (Å²) in [5, 5.41) is 3.37. The van der Waals surface area contributed by atoms with E-state index in [9.17, 15) is 0 Å². The molecule has 1 atom stereocenters. The van der Waals surface area contributed by atoms with Crippen LogP contribution in [0.15, 0.2) is 18.5 Å². The second-order valence-electron chi connectivity index (χ2n) is 5.26. The van der Waals surface area contributed by atoms with Crippen molar-refractivity contribution in [2.45, 2.75) is 37.8 Å². The fourth-order valence-corrected chi connectivity index (χ4v) is 2.52. The maximum Gasteiger partial charge on any atom is 0.139 e. The van der Waals surface area contributed by atoms with Crippen LogP contribution >= 0.6 is 0 Å². The Hall–Kier alpha value is -1.57. The van der Waals surface area contributed by atoms with Gasteiger partial charge in [-0.25, -0.2) is 0 Å². The van der Waals surface area contributed by atoms with Gasteiger partial charge in [-0.3, -0.25) is 4.98 Å². The van der Waals surface area contributed by atoms with Crippen molar-refractivity contribution in [3.63, 3.8) is 0 Å². The zero-order chi connectivity index (χ0) is 13.6. The molecule has 2 fully saturated rings. The minimum Gasteiger partial charge on any atom is -0.489 e. The van der Waals surface area contributed by atoms with Crippen molar-refractivity contribution < 1.29 is 9.47 Å². The van der Waals surface area contributed by atoms with E-state index in [-0.39, 0.29) is 6.10 Å². The van der Waals surface area contributed by atoms with E-state index in [0.29, 0.717) is 6.04 Å². The standard InChI is InChI=1S/C16H20N2O2/c1-2-14(18-7-1)4-3-13-10-16(12-17-11-13)20-15-5-8-19-9-6-15/h10-12,14-15,18H,1-2,5-9H2/t14-/m1/s1. The van der Waals surface area contributed by atoms with Crippen LogP contribution in [0.3, 0.4) is 0 Å². The average molecular weight is 272 g/mol. The molecule has 1 aromatic heterocycles. The summed E-state index contributed by atoms with van der Waals surface area (Å²) in [6, 6.07) is 2.31. The van der Waals surface area contributed by atoms with E-state index in [1.807, 2.05) is 6.07 Å². The van der Waals surface area contributed by atoms with E-state index in [1.54, 1.807) is 12.4 Å². The number of nitrogens with zero attached hydrogens (tertiary/aromatic N) is 1. The summed E-state index contributed by atoms with van der Waals surface area (Å²) in [5.41, 5.74) is 0.920. The first-order chi connectivity index (χ1) is 9.90. The number of ether oxygens (including phenoxy) is 2. The Bertz CT molecular complexity index is 495. The van der Waals surface area contributed by atoms with Gasteiger partial charge in [0, 0.05) is 24.6 Å². The molecule has 1 aromatic rings. The number of nitrogens with one attached hydrogen (secondary N) is 1. The molecule has 0 amide bonds. The lowest BCUT2D eigenvalue weighted by Gasteiger charge is -2.23. The van der Waals surface area contributed by atoms with E-state index in [0.717, 1.165) is 50.3 Å². The van der Waals surface area contributed by atoms with Crippen molar-refractivity contribution in [3.8, 4) is 17.6 Å². The second-order valence-corrected chi connectivity index (χ2v) is 5.26. The Balaban J connectivity index is 1.62. The molecule has 0 aromatic carbocycles. The molecule has 0 unspecified atom stereocenters. The number of rotatable bonds is 2. The van der Waals surface area contributed by atoms with Crippen molar-refractivity contribution in [1.29, 1.82) is 0 Å². The van der Waals surface area contributed by atoms with Gasteiger partial charge in [0.1, 0.15) is 11.9 Å². The molecule has 2 aliphatic heterocycles. The van der Waals surface area contributed by atoms with Gasteiger partial charge in [0.25, 0.3) is 0 Å². The Morgan fingerprint density at radius 1 is 1.25 bits per heavy atom. The topological polar surface area (TPSA) is 43.4 Å². The SMILES string of the molecule is C(#C[C@H]1CCCN1)c1cncc(OC2CCOCC2)c1. The summed E-state index contributed by atoms with van der Waals surface area (Å²) in [4.78, 5) is 4.22. The van der Waals surface area contributed by atoms with Crippen LogP contribution in [0.25, 0.3) is 0 Å². The zero-order valence-electron chi connectivity index (χ0n) is 11.6. The molecule has 106 valence electrons. The van der Waals surface area contributed by atoms with Gasteiger partial charge in [0.05, 0.1) is 25.5 Å². The summed E-state index contributed by atoms with van der Waals surface area (Å²) in [6.07, 6.45) is 8.03. The molecule has 0 saturated carbocycles. The van der Waals surface area contributed by atoms with Crippen molar-refractivity contribution in [3.05, 3.63) is 24.0 Å². The molecule has 0 bridgehead atoms. The van der Waals surface area contributed by atoms with E-state index in [2.05, 4.69) is 22.1 Å². The first-order valence-corrected chi connectivity index (χ1v) is 7.34. The lowest BCUT2D eigenvalue weighted by molar-refractivity contribution is 0.0254. The van der Waals surface area contributed by atoms with Crippen LogP contribution in [0.1, 0.15) is 31.2 Å². The fraction of sp³-hybridized carbons (Fsp3) is 0.562. The average Bonchev–Trinajstić information content (AvgIpc) is 3.00. The highest BCUT2D eigenvalue weighted by atomic mass is 16.5. The molecule has 2 aliphatic rings. The van der Waals surface area contributed by atoms with Gasteiger partial charge >= 0.3 is 0 Å². The minimum atomic E-state index is 0.241. The van der Waals surface area contributed by atoms with Gasteiger partial charge in [-0.1, -0.05) is 11.8 Å². The Morgan fingerprint density at radius 2 is 2.15 bits per heavy atom. The zero-order valence-corrected chi connectivity index (χ0v) is 11.6. The first kappa shape index (κ1) is 13.4. The van der Waals surface area contributed by atoms with E-state index >= 15 is 0 Å². The highest BCUT2D eigenvalue weighted by molar-refractivity contribution is 5.37. The largest absolute Gasteiger partial charge is 0.489 e. The van der Waals surface area contributed by atoms with E-state index < -0.39 is 0 Å². The lowest BCUT2D eigenvalue weighted by Crippen LogP contribution is -2.25. The van der Waals surface area contributed by atoms with Crippen LogP contribution in [0.4, 0.5) is 0 Å². The van der Waals surface area contributed by atoms with Crippen molar-refractivity contribution in [1.82, 2.24) is 10.3 Å². The number of aromatic nitrogens is 1. The summed E-state index contributed by atoms with van der Waals surface area (Å²) in [7, 11) is 0. The molecule has 3 heterocycles. The van der Waals surface area contributed by atoms with Crippen LogP contribution in [0, 0.1) is 11.8 Å². The fourth-order valence-electron chi connectivity index (χ4n) is 2.52. The summed E-state index contributed by atoms with van der Waals surface area (Å²) in [6.45, 7) is 2.64. The maximum absolute atomic E-state index is 5.94. The Kier molecular flexibility index (Phi) is 4.52. The lowest BCUT2D eigenvalue weighted by atomic mass is 10.1. The predicted octanol–water partition coefficient (Wildman–Crippen LogP) is 1.74. The smallest absolute Gasteiger partial charge is 0.139 e. The molecule has 4 nitrogen and oxygen atoms in total. The van der Waals surface area contributed by atoms with Gasteiger partial charge in [0.15, 0.2) is 0 Å². The third-order valence-corrected chi connectivity index (χ3v) is 3.64. The molecule has 0 spiro atoms.